The van der Waals surface area contributed by atoms with Crippen molar-refractivity contribution in [3.05, 3.63) is 161 Å². The Labute approximate surface area is 294 Å². The SMILES string of the molecule is CC(=O)Oc1ccccc1C(=O)OC(=O)c1ccccc1O.O=C(O)c1ccccc1.O=C(O)c1ccccc1OC(=O)c1ccccc1C(=O)O. The molecule has 0 aliphatic carbocycles. The van der Waals surface area contributed by atoms with Crippen molar-refractivity contribution in [1.29, 1.82) is 0 Å². The number of phenolic OH excluding ortho intramolecular Hbond substituents is 1. The van der Waals surface area contributed by atoms with Gasteiger partial charge in [-0.05, 0) is 60.7 Å². The molecule has 0 radical (unpaired) electrons. The van der Waals surface area contributed by atoms with Crippen LogP contribution in [0.5, 0.6) is 17.2 Å². The molecule has 0 aliphatic heterocycles. The molecule has 14 heteroatoms. The predicted molar refractivity (Wildman–Crippen MR) is 181 cm³/mol. The molecule has 14 nitrogen and oxygen atoms in total. The highest BCUT2D eigenvalue weighted by molar-refractivity contribution is 6.05. The van der Waals surface area contributed by atoms with Crippen LogP contribution in [0.4, 0.5) is 0 Å². The molecular weight excluding hydrogens is 680 g/mol. The first kappa shape index (κ1) is 38.8. The molecule has 0 heterocycles. The maximum absolute atomic E-state index is 12.0. The summed E-state index contributed by atoms with van der Waals surface area (Å²) in [6.07, 6.45) is 0. The van der Waals surface area contributed by atoms with Crippen molar-refractivity contribution in [3.63, 3.8) is 0 Å². The Kier molecular flexibility index (Phi) is 14.0. The third kappa shape index (κ3) is 11.2. The maximum Gasteiger partial charge on any atom is 0.349 e. The molecule has 0 spiro atoms. The second kappa shape index (κ2) is 18.8. The zero-order valence-electron chi connectivity index (χ0n) is 27.0. The van der Waals surface area contributed by atoms with Crippen molar-refractivity contribution in [2.24, 2.45) is 0 Å². The number of carbonyl (C=O) groups is 7. The Hall–Kier alpha value is -7.61. The van der Waals surface area contributed by atoms with E-state index >= 15 is 0 Å². The molecule has 0 saturated heterocycles. The molecule has 4 N–H and O–H groups in total. The highest BCUT2D eigenvalue weighted by Crippen LogP contribution is 2.23. The van der Waals surface area contributed by atoms with Gasteiger partial charge in [0.15, 0.2) is 0 Å². The van der Waals surface area contributed by atoms with Crippen LogP contribution in [0.3, 0.4) is 0 Å². The molecule has 0 aliphatic rings. The Morgan fingerprint density at radius 3 is 1.35 bits per heavy atom. The van der Waals surface area contributed by atoms with Gasteiger partial charge >= 0.3 is 41.8 Å². The van der Waals surface area contributed by atoms with Crippen LogP contribution in [-0.2, 0) is 9.53 Å². The molecule has 0 unspecified atom stereocenters. The lowest BCUT2D eigenvalue weighted by atomic mass is 10.1. The molecule has 0 aromatic heterocycles. The van der Waals surface area contributed by atoms with Crippen molar-refractivity contribution < 1.29 is 68.2 Å². The van der Waals surface area contributed by atoms with E-state index in [9.17, 15) is 38.7 Å². The van der Waals surface area contributed by atoms with Crippen LogP contribution in [0, 0.1) is 0 Å². The first-order valence-corrected chi connectivity index (χ1v) is 14.8. The number of carboxylic acid groups (broad SMARTS) is 3. The minimum absolute atomic E-state index is 0.00918. The lowest BCUT2D eigenvalue weighted by molar-refractivity contribution is -0.131. The van der Waals surface area contributed by atoms with E-state index in [2.05, 4.69) is 0 Å². The second-order valence-electron chi connectivity index (χ2n) is 10.00. The quantitative estimate of drug-likeness (QED) is 0.0823. The van der Waals surface area contributed by atoms with Gasteiger partial charge in [-0.2, -0.15) is 0 Å². The van der Waals surface area contributed by atoms with Gasteiger partial charge < -0.3 is 34.6 Å². The van der Waals surface area contributed by atoms with Gasteiger partial charge in [0.25, 0.3) is 0 Å². The summed E-state index contributed by atoms with van der Waals surface area (Å²) < 4.78 is 14.6. The largest absolute Gasteiger partial charge is 0.507 e. The Bertz CT molecular complexity index is 2100. The summed E-state index contributed by atoms with van der Waals surface area (Å²) in [5.41, 5.74) is -0.418. The summed E-state index contributed by atoms with van der Waals surface area (Å²) in [6, 6.07) is 31.0. The molecule has 5 aromatic carbocycles. The van der Waals surface area contributed by atoms with Gasteiger partial charge in [0.1, 0.15) is 33.9 Å². The fourth-order valence-electron chi connectivity index (χ4n) is 4.04. The average molecular weight is 709 g/mol. The Morgan fingerprint density at radius 1 is 0.423 bits per heavy atom. The topological polar surface area (TPSA) is 228 Å². The van der Waals surface area contributed by atoms with E-state index in [0.717, 1.165) is 0 Å². The maximum atomic E-state index is 12.0. The van der Waals surface area contributed by atoms with Gasteiger partial charge in [0, 0.05) is 6.92 Å². The number of benzene rings is 5. The van der Waals surface area contributed by atoms with Crippen LogP contribution in [0.1, 0.15) is 69.1 Å². The van der Waals surface area contributed by atoms with Gasteiger partial charge in [-0.3, -0.25) is 4.79 Å². The standard InChI is InChI=1S/C16H12O6.C15H10O6.C7H6O2/c1-10(17)21-14-9-5-3-7-12(14)16(20)22-15(19)11-6-2-4-8-13(11)18;16-13(17)9-5-1-2-6-10(9)15(20)21-12-8-4-3-7-11(12)14(18)19;8-7(9)6-4-2-1-3-5-6/h2-9,18H,1H3;1-8H,(H,16,17)(H,18,19);1-5H,(H,8,9). The van der Waals surface area contributed by atoms with Crippen LogP contribution in [0.2, 0.25) is 0 Å². The van der Waals surface area contributed by atoms with E-state index in [4.69, 9.17) is 29.5 Å². The number of carboxylic acids is 3. The Morgan fingerprint density at radius 2 is 0.846 bits per heavy atom. The molecule has 0 amide bonds. The van der Waals surface area contributed by atoms with Crippen molar-refractivity contribution in [2.45, 2.75) is 6.92 Å². The number of para-hydroxylation sites is 3. The van der Waals surface area contributed by atoms with Gasteiger partial charge in [-0.15, -0.1) is 0 Å². The molecule has 264 valence electrons. The number of aromatic hydroxyl groups is 1. The summed E-state index contributed by atoms with van der Waals surface area (Å²) in [7, 11) is 0. The van der Waals surface area contributed by atoms with E-state index in [1.165, 1.54) is 97.9 Å². The van der Waals surface area contributed by atoms with Crippen molar-refractivity contribution in [3.8, 4) is 17.2 Å². The van der Waals surface area contributed by atoms with Gasteiger partial charge in [0.05, 0.1) is 16.7 Å². The number of hydrogen-bond donors (Lipinski definition) is 4. The summed E-state index contributed by atoms with van der Waals surface area (Å²) in [5.74, 6) is -7.36. The minimum Gasteiger partial charge on any atom is -0.507 e. The normalized spacial score (nSPS) is 9.71. The van der Waals surface area contributed by atoms with E-state index in [0.29, 0.717) is 5.56 Å². The van der Waals surface area contributed by atoms with Gasteiger partial charge in [0.2, 0.25) is 0 Å². The predicted octanol–water partition coefficient (Wildman–Crippen LogP) is 6.00. The lowest BCUT2D eigenvalue weighted by Crippen LogP contribution is -2.15. The first-order chi connectivity index (χ1) is 24.8. The number of phenols is 1. The van der Waals surface area contributed by atoms with Crippen LogP contribution in [0.25, 0.3) is 0 Å². The number of aromatic carboxylic acids is 3. The Balaban J connectivity index is 0.000000228. The highest BCUT2D eigenvalue weighted by Gasteiger charge is 2.22. The monoisotopic (exact) mass is 708 g/mol. The third-order valence-electron chi connectivity index (χ3n) is 6.39. The van der Waals surface area contributed by atoms with E-state index in [-0.39, 0.29) is 45.1 Å². The number of hydrogen-bond acceptors (Lipinski definition) is 11. The number of esters is 4. The highest BCUT2D eigenvalue weighted by atomic mass is 16.6. The van der Waals surface area contributed by atoms with E-state index < -0.39 is 41.8 Å². The number of carbonyl (C=O) groups excluding carboxylic acids is 4. The van der Waals surface area contributed by atoms with Crippen LogP contribution < -0.4 is 9.47 Å². The molecule has 0 fully saturated rings. The molecule has 0 atom stereocenters. The zero-order chi connectivity index (χ0) is 38.2. The van der Waals surface area contributed by atoms with Crippen molar-refractivity contribution in [1.82, 2.24) is 0 Å². The smallest absolute Gasteiger partial charge is 0.349 e. The fraction of sp³-hybridized carbons (Fsp3) is 0.0263. The number of rotatable bonds is 8. The van der Waals surface area contributed by atoms with E-state index in [1.54, 1.807) is 36.4 Å². The molecular formula is C38H28O14. The average Bonchev–Trinajstić information content (AvgIpc) is 3.12. The van der Waals surface area contributed by atoms with Crippen LogP contribution >= 0.6 is 0 Å². The molecule has 0 bridgehead atoms. The fourth-order valence-corrected chi connectivity index (χ4v) is 4.04. The summed E-state index contributed by atoms with van der Waals surface area (Å²) in [6.45, 7) is 1.19. The molecule has 0 saturated carbocycles. The van der Waals surface area contributed by atoms with E-state index in [1.807, 2.05) is 0 Å². The van der Waals surface area contributed by atoms with Crippen LogP contribution in [-0.4, -0.2) is 62.2 Å². The number of ether oxygens (including phenoxy) is 3. The van der Waals surface area contributed by atoms with Crippen molar-refractivity contribution >= 4 is 41.8 Å². The molecule has 5 rings (SSSR count). The first-order valence-electron chi connectivity index (χ1n) is 14.8. The summed E-state index contributed by atoms with van der Waals surface area (Å²) in [4.78, 5) is 79.2. The summed E-state index contributed by atoms with van der Waals surface area (Å²) in [5, 5.41) is 36.0. The summed E-state index contributed by atoms with van der Waals surface area (Å²) >= 11 is 0. The minimum atomic E-state index is -1.27. The van der Waals surface area contributed by atoms with Gasteiger partial charge in [-0.1, -0.05) is 66.7 Å². The van der Waals surface area contributed by atoms with Crippen molar-refractivity contribution in [2.75, 3.05) is 0 Å². The molecule has 52 heavy (non-hydrogen) atoms. The lowest BCUT2D eigenvalue weighted by Gasteiger charge is -2.08. The molecule has 5 aromatic rings. The second-order valence-corrected chi connectivity index (χ2v) is 10.00. The van der Waals surface area contributed by atoms with Gasteiger partial charge in [-0.25, -0.2) is 28.8 Å². The zero-order valence-corrected chi connectivity index (χ0v) is 27.0. The van der Waals surface area contributed by atoms with Crippen LogP contribution in [0.15, 0.2) is 127 Å². The third-order valence-corrected chi connectivity index (χ3v) is 6.39.